The van der Waals surface area contributed by atoms with Gasteiger partial charge < -0.3 is 24.4 Å². The van der Waals surface area contributed by atoms with Crippen molar-refractivity contribution >= 4 is 11.8 Å². The Labute approximate surface area is 144 Å². The zero-order valence-corrected chi connectivity index (χ0v) is 13.4. The molecule has 8 heteroatoms. The van der Waals surface area contributed by atoms with Crippen molar-refractivity contribution in [2.45, 2.75) is 0 Å². The van der Waals surface area contributed by atoms with E-state index in [1.807, 2.05) is 23.1 Å². The lowest BCUT2D eigenvalue weighted by molar-refractivity contribution is 0.449. The Morgan fingerprint density at radius 2 is 1.72 bits per heavy atom. The number of phenolic OH excluding ortho intramolecular Hbond substituents is 2. The van der Waals surface area contributed by atoms with Crippen LogP contribution in [0.5, 0.6) is 11.5 Å². The van der Waals surface area contributed by atoms with Gasteiger partial charge in [0.1, 0.15) is 17.3 Å². The molecule has 0 saturated carbocycles. The van der Waals surface area contributed by atoms with E-state index in [1.54, 1.807) is 12.3 Å². The molecule has 0 spiro atoms. The highest BCUT2D eigenvalue weighted by Gasteiger charge is 2.23. The van der Waals surface area contributed by atoms with Crippen LogP contribution in [0.25, 0.3) is 11.5 Å². The third-order valence-corrected chi connectivity index (χ3v) is 4.15. The number of hydrogen-bond donors (Lipinski definition) is 2. The first-order valence-corrected chi connectivity index (χ1v) is 7.97. The number of piperazine rings is 1. The van der Waals surface area contributed by atoms with Crippen LogP contribution in [-0.4, -0.2) is 51.6 Å². The highest BCUT2D eigenvalue weighted by Crippen LogP contribution is 2.32. The van der Waals surface area contributed by atoms with Gasteiger partial charge in [0.25, 0.3) is 5.89 Å². The Hall–Kier alpha value is -3.29. The first-order valence-electron chi connectivity index (χ1n) is 7.97. The molecule has 1 aromatic carbocycles. The molecule has 2 N–H and O–H groups in total. The summed E-state index contributed by atoms with van der Waals surface area (Å²) >= 11 is 0. The topological polar surface area (TPSA) is 98.8 Å². The zero-order valence-electron chi connectivity index (χ0n) is 13.4. The van der Waals surface area contributed by atoms with Gasteiger partial charge in [0.05, 0.1) is 5.56 Å². The van der Waals surface area contributed by atoms with Crippen molar-refractivity contribution in [1.82, 2.24) is 15.2 Å². The molecule has 3 aromatic rings. The van der Waals surface area contributed by atoms with Gasteiger partial charge in [-0.05, 0) is 24.3 Å². The van der Waals surface area contributed by atoms with Gasteiger partial charge in [0.15, 0.2) is 0 Å². The minimum Gasteiger partial charge on any atom is -0.508 e. The van der Waals surface area contributed by atoms with E-state index in [1.165, 1.54) is 12.1 Å². The maximum absolute atomic E-state index is 9.91. The average Bonchev–Trinajstić information content (AvgIpc) is 3.12. The van der Waals surface area contributed by atoms with E-state index < -0.39 is 0 Å². The summed E-state index contributed by atoms with van der Waals surface area (Å²) in [6.07, 6.45) is 1.79. The Balaban J connectivity index is 1.47. The van der Waals surface area contributed by atoms with Crippen LogP contribution in [0, 0.1) is 0 Å². The van der Waals surface area contributed by atoms with Crippen molar-refractivity contribution in [3.8, 4) is 23.0 Å². The van der Waals surface area contributed by atoms with Gasteiger partial charge in [-0.1, -0.05) is 11.2 Å². The first-order chi connectivity index (χ1) is 12.2. The second-order valence-corrected chi connectivity index (χ2v) is 5.75. The molecule has 1 aliphatic heterocycles. The average molecular weight is 339 g/mol. The summed E-state index contributed by atoms with van der Waals surface area (Å²) < 4.78 is 5.70. The third-order valence-electron chi connectivity index (χ3n) is 4.15. The Kier molecular flexibility index (Phi) is 3.85. The molecule has 0 aliphatic carbocycles. The number of aromatic hydroxyl groups is 2. The molecule has 0 unspecified atom stereocenters. The molecular weight excluding hydrogens is 322 g/mol. The number of phenols is 2. The molecule has 4 rings (SSSR count). The maximum Gasteiger partial charge on any atom is 0.318 e. The van der Waals surface area contributed by atoms with Crippen molar-refractivity contribution in [3.63, 3.8) is 0 Å². The van der Waals surface area contributed by atoms with Crippen LogP contribution < -0.4 is 9.80 Å². The van der Waals surface area contributed by atoms with Crippen LogP contribution in [0.2, 0.25) is 0 Å². The minimum absolute atomic E-state index is 0.0216. The molecule has 0 bridgehead atoms. The molecule has 25 heavy (non-hydrogen) atoms. The fraction of sp³-hybridized carbons (Fsp3) is 0.235. The monoisotopic (exact) mass is 339 g/mol. The summed E-state index contributed by atoms with van der Waals surface area (Å²) in [5, 5.41) is 27.4. The van der Waals surface area contributed by atoms with Crippen molar-refractivity contribution in [3.05, 3.63) is 42.6 Å². The van der Waals surface area contributed by atoms with E-state index >= 15 is 0 Å². The van der Waals surface area contributed by atoms with E-state index in [-0.39, 0.29) is 17.4 Å². The zero-order chi connectivity index (χ0) is 17.2. The van der Waals surface area contributed by atoms with E-state index in [0.29, 0.717) is 11.6 Å². The molecule has 0 atom stereocenters. The van der Waals surface area contributed by atoms with Crippen molar-refractivity contribution in [1.29, 1.82) is 0 Å². The normalized spacial score (nSPS) is 14.7. The number of rotatable bonds is 3. The van der Waals surface area contributed by atoms with Gasteiger partial charge in [0.2, 0.25) is 0 Å². The molecular formula is C17H17N5O3. The molecule has 1 fully saturated rings. The standard InChI is InChI=1S/C17H17N5O3/c23-12-4-5-13(14(24)11-12)16-19-20-17(25-16)22-9-7-21(8-10-22)15-3-1-2-6-18-15/h1-6,11,23-24H,7-10H2. The SMILES string of the molecule is Oc1ccc(-c2nnc(N3CCN(c4ccccn4)CC3)o2)c(O)c1. The van der Waals surface area contributed by atoms with Crippen LogP contribution >= 0.6 is 0 Å². The summed E-state index contributed by atoms with van der Waals surface area (Å²) in [6.45, 7) is 3.08. The number of aromatic nitrogens is 3. The second-order valence-electron chi connectivity index (χ2n) is 5.75. The second kappa shape index (κ2) is 6.31. The smallest absolute Gasteiger partial charge is 0.318 e. The van der Waals surface area contributed by atoms with E-state index in [4.69, 9.17) is 4.42 Å². The fourth-order valence-electron chi connectivity index (χ4n) is 2.82. The van der Waals surface area contributed by atoms with Gasteiger partial charge in [-0.2, -0.15) is 0 Å². The molecule has 0 radical (unpaired) electrons. The molecule has 0 amide bonds. The molecule has 1 saturated heterocycles. The van der Waals surface area contributed by atoms with Gasteiger partial charge in [-0.3, -0.25) is 0 Å². The lowest BCUT2D eigenvalue weighted by atomic mass is 10.2. The number of benzene rings is 1. The van der Waals surface area contributed by atoms with Crippen molar-refractivity contribution in [2.24, 2.45) is 0 Å². The first kappa shape index (κ1) is 15.3. The van der Waals surface area contributed by atoms with Crippen LogP contribution in [-0.2, 0) is 0 Å². The lowest BCUT2D eigenvalue weighted by Crippen LogP contribution is -2.47. The van der Waals surface area contributed by atoms with Crippen LogP contribution in [0.4, 0.5) is 11.8 Å². The summed E-state index contributed by atoms with van der Waals surface area (Å²) in [5.41, 5.74) is 0.392. The fourth-order valence-corrected chi connectivity index (χ4v) is 2.82. The van der Waals surface area contributed by atoms with Crippen molar-refractivity contribution < 1.29 is 14.6 Å². The van der Waals surface area contributed by atoms with Gasteiger partial charge in [0, 0.05) is 38.4 Å². The van der Waals surface area contributed by atoms with Gasteiger partial charge in [-0.15, -0.1) is 5.10 Å². The lowest BCUT2D eigenvalue weighted by Gasteiger charge is -2.34. The molecule has 2 aromatic heterocycles. The summed E-state index contributed by atoms with van der Waals surface area (Å²) in [6, 6.07) is 10.5. The molecule has 1 aliphatic rings. The maximum atomic E-state index is 9.91. The highest BCUT2D eigenvalue weighted by molar-refractivity contribution is 5.64. The van der Waals surface area contributed by atoms with Crippen molar-refractivity contribution in [2.75, 3.05) is 36.0 Å². The van der Waals surface area contributed by atoms with Gasteiger partial charge >= 0.3 is 6.01 Å². The quantitative estimate of drug-likeness (QED) is 0.746. The predicted octanol–water partition coefficient (Wildman–Crippen LogP) is 1.87. The van der Waals surface area contributed by atoms with Crippen LogP contribution in [0.15, 0.2) is 47.0 Å². The minimum atomic E-state index is -0.102. The Morgan fingerprint density at radius 1 is 0.920 bits per heavy atom. The van der Waals surface area contributed by atoms with E-state index in [2.05, 4.69) is 20.1 Å². The predicted molar refractivity (Wildman–Crippen MR) is 91.7 cm³/mol. The largest absolute Gasteiger partial charge is 0.508 e. The number of anilines is 2. The molecule has 3 heterocycles. The van der Waals surface area contributed by atoms with E-state index in [9.17, 15) is 10.2 Å². The summed E-state index contributed by atoms with van der Waals surface area (Å²) in [7, 11) is 0. The summed E-state index contributed by atoms with van der Waals surface area (Å²) in [4.78, 5) is 8.58. The third kappa shape index (κ3) is 3.06. The number of hydrogen-bond acceptors (Lipinski definition) is 8. The number of pyridine rings is 1. The Morgan fingerprint density at radius 3 is 2.44 bits per heavy atom. The van der Waals surface area contributed by atoms with Gasteiger partial charge in [-0.25, -0.2) is 4.98 Å². The van der Waals surface area contributed by atoms with E-state index in [0.717, 1.165) is 32.0 Å². The summed E-state index contributed by atoms with van der Waals surface area (Å²) in [5.74, 6) is 1.06. The molecule has 8 nitrogen and oxygen atoms in total. The number of nitrogens with zero attached hydrogens (tertiary/aromatic N) is 5. The van der Waals surface area contributed by atoms with Crippen LogP contribution in [0.1, 0.15) is 0 Å². The van der Waals surface area contributed by atoms with Crippen LogP contribution in [0.3, 0.4) is 0 Å². The highest BCUT2D eigenvalue weighted by atomic mass is 16.4. The Bertz CT molecular complexity index is 860. The molecule has 128 valence electrons.